The fraction of sp³-hybridized carbons (Fsp3) is 0.654. The smallest absolute Gasteiger partial charge is 0.356 e. The van der Waals surface area contributed by atoms with Crippen LogP contribution in [-0.2, 0) is 30.4 Å². The standard InChI is InChI=1S/C26H42N4O6/c1-25(2,3)34-22(31)18-29-13-11-28(17-20-7-9-21(10-8-20)24(33)36-27)12-14-30(16-15-29)19-23(32)35-26(4,5)6/h7-10H,11-19,27H2,1-6H3. The molecule has 1 aliphatic rings. The van der Waals surface area contributed by atoms with Gasteiger partial charge in [0.15, 0.2) is 0 Å². The van der Waals surface area contributed by atoms with Crippen LogP contribution in [-0.4, -0.2) is 96.2 Å². The number of esters is 2. The minimum Gasteiger partial charge on any atom is -0.459 e. The highest BCUT2D eigenvalue weighted by atomic mass is 16.7. The van der Waals surface area contributed by atoms with Crippen molar-refractivity contribution in [2.24, 2.45) is 5.90 Å². The van der Waals surface area contributed by atoms with E-state index in [1.54, 1.807) is 12.1 Å². The summed E-state index contributed by atoms with van der Waals surface area (Å²) in [6, 6.07) is 7.11. The molecular formula is C26H42N4O6. The highest BCUT2D eigenvalue weighted by Crippen LogP contribution is 2.12. The predicted octanol–water partition coefficient (Wildman–Crippen LogP) is 1.82. The normalized spacial score (nSPS) is 17.0. The minimum atomic E-state index is -0.583. The zero-order valence-electron chi connectivity index (χ0n) is 22.5. The molecule has 1 saturated heterocycles. The van der Waals surface area contributed by atoms with E-state index in [1.165, 1.54) is 0 Å². The van der Waals surface area contributed by atoms with E-state index >= 15 is 0 Å². The third-order valence-electron chi connectivity index (χ3n) is 5.45. The van der Waals surface area contributed by atoms with Gasteiger partial charge in [0.05, 0.1) is 18.7 Å². The molecule has 0 aromatic heterocycles. The van der Waals surface area contributed by atoms with Crippen LogP contribution in [0.15, 0.2) is 24.3 Å². The first kappa shape index (κ1) is 29.7. The van der Waals surface area contributed by atoms with Crippen LogP contribution in [0.25, 0.3) is 0 Å². The Bertz CT molecular complexity index is 834. The molecule has 10 nitrogen and oxygen atoms in total. The Morgan fingerprint density at radius 2 is 1.11 bits per heavy atom. The number of nitrogens with two attached hydrogens (primary N) is 1. The van der Waals surface area contributed by atoms with Gasteiger partial charge in [0.1, 0.15) is 11.2 Å². The number of carbonyl (C=O) groups is 3. The van der Waals surface area contributed by atoms with Gasteiger partial charge in [-0.2, -0.15) is 5.90 Å². The van der Waals surface area contributed by atoms with Crippen molar-refractivity contribution in [1.82, 2.24) is 14.7 Å². The number of carbonyl (C=O) groups excluding carboxylic acids is 3. The number of nitrogens with zero attached hydrogens (tertiary/aromatic N) is 3. The van der Waals surface area contributed by atoms with E-state index in [2.05, 4.69) is 19.5 Å². The molecule has 1 heterocycles. The van der Waals surface area contributed by atoms with Crippen molar-refractivity contribution in [1.29, 1.82) is 0 Å². The summed E-state index contributed by atoms with van der Waals surface area (Å²) >= 11 is 0. The van der Waals surface area contributed by atoms with Gasteiger partial charge in [-0.25, -0.2) is 4.79 Å². The van der Waals surface area contributed by atoms with Crippen molar-refractivity contribution >= 4 is 17.9 Å². The number of ether oxygens (including phenoxy) is 2. The molecule has 0 spiro atoms. The lowest BCUT2D eigenvalue weighted by atomic mass is 10.1. The van der Waals surface area contributed by atoms with Gasteiger partial charge >= 0.3 is 17.9 Å². The second-order valence-corrected chi connectivity index (χ2v) is 11.1. The van der Waals surface area contributed by atoms with Gasteiger partial charge in [-0.05, 0) is 59.2 Å². The minimum absolute atomic E-state index is 0.182. The maximum atomic E-state index is 12.5. The van der Waals surface area contributed by atoms with Crippen LogP contribution in [0.4, 0.5) is 0 Å². The average Bonchev–Trinajstić information content (AvgIpc) is 2.83. The molecule has 0 atom stereocenters. The summed E-state index contributed by atoms with van der Waals surface area (Å²) in [6.45, 7) is 16.2. The lowest BCUT2D eigenvalue weighted by Crippen LogP contribution is -2.42. The third-order valence-corrected chi connectivity index (χ3v) is 5.45. The second kappa shape index (κ2) is 13.1. The molecule has 2 rings (SSSR count). The monoisotopic (exact) mass is 506 g/mol. The van der Waals surface area contributed by atoms with Crippen molar-refractivity contribution in [2.45, 2.75) is 59.3 Å². The third kappa shape index (κ3) is 11.5. The van der Waals surface area contributed by atoms with Crippen LogP contribution in [0.1, 0.15) is 57.5 Å². The molecule has 1 aliphatic heterocycles. The summed E-state index contributed by atoms with van der Waals surface area (Å²) < 4.78 is 11.0. The van der Waals surface area contributed by atoms with Crippen LogP contribution >= 0.6 is 0 Å². The molecule has 0 radical (unpaired) electrons. The maximum absolute atomic E-state index is 12.5. The summed E-state index contributed by atoms with van der Waals surface area (Å²) in [7, 11) is 0. The highest BCUT2D eigenvalue weighted by Gasteiger charge is 2.24. The van der Waals surface area contributed by atoms with Crippen LogP contribution in [0.2, 0.25) is 0 Å². The van der Waals surface area contributed by atoms with E-state index in [0.29, 0.717) is 38.3 Å². The van der Waals surface area contributed by atoms with Gasteiger partial charge in [-0.1, -0.05) is 12.1 Å². The Hall–Kier alpha value is -2.53. The second-order valence-electron chi connectivity index (χ2n) is 11.1. The first-order valence-corrected chi connectivity index (χ1v) is 12.3. The lowest BCUT2D eigenvalue weighted by molar-refractivity contribution is -0.158. The van der Waals surface area contributed by atoms with Gasteiger partial charge in [-0.15, -0.1) is 0 Å². The lowest BCUT2D eigenvalue weighted by Gasteiger charge is -2.27. The van der Waals surface area contributed by atoms with Crippen LogP contribution in [0.3, 0.4) is 0 Å². The quantitative estimate of drug-likeness (QED) is 0.434. The van der Waals surface area contributed by atoms with Crippen molar-refractivity contribution in [3.8, 4) is 0 Å². The maximum Gasteiger partial charge on any atom is 0.356 e. The average molecular weight is 507 g/mol. The summed E-state index contributed by atoms with van der Waals surface area (Å²) in [6.07, 6.45) is 0. The van der Waals surface area contributed by atoms with E-state index < -0.39 is 17.2 Å². The van der Waals surface area contributed by atoms with Gasteiger partial charge in [0.25, 0.3) is 0 Å². The van der Waals surface area contributed by atoms with E-state index in [-0.39, 0.29) is 25.0 Å². The van der Waals surface area contributed by atoms with Crippen molar-refractivity contribution in [2.75, 3.05) is 52.4 Å². The Morgan fingerprint density at radius 3 is 1.47 bits per heavy atom. The van der Waals surface area contributed by atoms with E-state index in [4.69, 9.17) is 15.4 Å². The highest BCUT2D eigenvalue weighted by molar-refractivity contribution is 5.89. The number of benzene rings is 1. The first-order chi connectivity index (χ1) is 16.7. The van der Waals surface area contributed by atoms with E-state index in [0.717, 1.165) is 18.7 Å². The molecule has 202 valence electrons. The first-order valence-electron chi connectivity index (χ1n) is 12.3. The van der Waals surface area contributed by atoms with Gasteiger partial charge in [0, 0.05) is 45.8 Å². The molecule has 0 amide bonds. The predicted molar refractivity (Wildman–Crippen MR) is 136 cm³/mol. The SMILES string of the molecule is CC(C)(C)OC(=O)CN1CCN(CC(=O)OC(C)(C)C)CCN(Cc2ccc(C(=O)ON)cc2)CC1. The molecular weight excluding hydrogens is 464 g/mol. The fourth-order valence-electron chi connectivity index (χ4n) is 3.84. The molecule has 36 heavy (non-hydrogen) atoms. The van der Waals surface area contributed by atoms with Crippen LogP contribution in [0, 0.1) is 0 Å². The van der Waals surface area contributed by atoms with Crippen LogP contribution in [0.5, 0.6) is 0 Å². The molecule has 0 saturated carbocycles. The summed E-state index contributed by atoms with van der Waals surface area (Å²) in [5.74, 6) is 3.85. The molecule has 1 aromatic rings. The molecule has 0 aliphatic carbocycles. The van der Waals surface area contributed by atoms with Gasteiger partial charge < -0.3 is 14.3 Å². The molecule has 0 bridgehead atoms. The summed E-state index contributed by atoms with van der Waals surface area (Å²) in [5.41, 5.74) is 0.320. The topological polar surface area (TPSA) is 115 Å². The zero-order chi connectivity index (χ0) is 26.9. The Balaban J connectivity index is 2.11. The largest absolute Gasteiger partial charge is 0.459 e. The number of rotatable bonds is 7. The van der Waals surface area contributed by atoms with Crippen molar-refractivity contribution in [3.05, 3.63) is 35.4 Å². The van der Waals surface area contributed by atoms with Crippen molar-refractivity contribution in [3.63, 3.8) is 0 Å². The number of hydrogen-bond donors (Lipinski definition) is 1. The van der Waals surface area contributed by atoms with E-state index in [9.17, 15) is 14.4 Å². The molecule has 2 N–H and O–H groups in total. The van der Waals surface area contributed by atoms with Crippen molar-refractivity contribution < 1.29 is 28.7 Å². The summed E-state index contributed by atoms with van der Waals surface area (Å²) in [5, 5.41) is 0. The van der Waals surface area contributed by atoms with Gasteiger partial charge in [0.2, 0.25) is 0 Å². The molecule has 10 heteroatoms. The summed E-state index contributed by atoms with van der Waals surface area (Å²) in [4.78, 5) is 47.3. The fourth-order valence-corrected chi connectivity index (χ4v) is 3.84. The Morgan fingerprint density at radius 1 is 0.722 bits per heavy atom. The Kier molecular flexibility index (Phi) is 10.8. The molecule has 0 unspecified atom stereocenters. The zero-order valence-corrected chi connectivity index (χ0v) is 22.5. The van der Waals surface area contributed by atoms with Crippen LogP contribution < -0.4 is 5.90 Å². The Labute approximate surface area is 214 Å². The van der Waals surface area contributed by atoms with Gasteiger partial charge in [-0.3, -0.25) is 24.3 Å². The number of hydrogen-bond acceptors (Lipinski definition) is 10. The van der Waals surface area contributed by atoms with E-state index in [1.807, 2.05) is 53.7 Å². The molecule has 1 aromatic carbocycles. The molecule has 1 fully saturated rings.